The predicted molar refractivity (Wildman–Crippen MR) is 53.1 cm³/mol. The highest BCUT2D eigenvalue weighted by atomic mass is 32.2. The third-order valence-electron chi connectivity index (χ3n) is 1.85. The molecular formula is C10H13O2S-. The maximum absolute atomic E-state index is 10.4. The van der Waals surface area contributed by atoms with E-state index < -0.39 is 11.1 Å². The zero-order valence-electron chi connectivity index (χ0n) is 7.66. The largest absolute Gasteiger partial charge is 0.772 e. The topological polar surface area (TPSA) is 40.1 Å². The molecule has 0 amide bonds. The maximum atomic E-state index is 10.4. The molecule has 1 atom stereocenters. The summed E-state index contributed by atoms with van der Waals surface area (Å²) in [4.78, 5) is 0. The van der Waals surface area contributed by atoms with Crippen molar-refractivity contribution in [3.63, 3.8) is 0 Å². The first-order valence-corrected chi connectivity index (χ1v) is 5.60. The third-order valence-corrected chi connectivity index (χ3v) is 2.42. The minimum Gasteiger partial charge on any atom is -0.772 e. The minimum atomic E-state index is -1.98. The van der Waals surface area contributed by atoms with Crippen LogP contribution in [-0.4, -0.2) is 8.76 Å². The Labute approximate surface area is 81.3 Å². The SMILES string of the molecule is CCCc1ccc(CS(=O)[O-])cc1. The minimum absolute atomic E-state index is 0.117. The van der Waals surface area contributed by atoms with E-state index in [1.807, 2.05) is 24.3 Å². The van der Waals surface area contributed by atoms with Crippen LogP contribution in [0.2, 0.25) is 0 Å². The van der Waals surface area contributed by atoms with Gasteiger partial charge in [0.1, 0.15) is 0 Å². The molecule has 0 heterocycles. The highest BCUT2D eigenvalue weighted by Gasteiger charge is 1.93. The third kappa shape index (κ3) is 3.70. The molecule has 0 bridgehead atoms. The van der Waals surface area contributed by atoms with Crippen molar-refractivity contribution in [1.29, 1.82) is 0 Å². The molecular weight excluding hydrogens is 184 g/mol. The zero-order chi connectivity index (χ0) is 9.68. The van der Waals surface area contributed by atoms with E-state index in [2.05, 4.69) is 6.92 Å². The van der Waals surface area contributed by atoms with Gasteiger partial charge in [-0.2, -0.15) is 0 Å². The van der Waals surface area contributed by atoms with Crippen LogP contribution in [0.5, 0.6) is 0 Å². The van der Waals surface area contributed by atoms with Gasteiger partial charge in [0, 0.05) is 5.75 Å². The van der Waals surface area contributed by atoms with Gasteiger partial charge < -0.3 is 4.55 Å². The van der Waals surface area contributed by atoms with E-state index in [0.29, 0.717) is 0 Å². The van der Waals surface area contributed by atoms with Crippen LogP contribution < -0.4 is 0 Å². The quantitative estimate of drug-likeness (QED) is 0.693. The molecule has 0 aliphatic heterocycles. The van der Waals surface area contributed by atoms with Gasteiger partial charge >= 0.3 is 0 Å². The van der Waals surface area contributed by atoms with Crippen molar-refractivity contribution in [2.45, 2.75) is 25.5 Å². The van der Waals surface area contributed by atoms with Crippen molar-refractivity contribution < 1.29 is 8.76 Å². The smallest absolute Gasteiger partial charge is 0.0353 e. The number of aryl methyl sites for hydroxylation is 1. The maximum Gasteiger partial charge on any atom is 0.0353 e. The summed E-state index contributed by atoms with van der Waals surface area (Å²) in [7, 11) is 0. The second-order valence-electron chi connectivity index (χ2n) is 3.01. The van der Waals surface area contributed by atoms with E-state index >= 15 is 0 Å². The van der Waals surface area contributed by atoms with Crippen LogP contribution in [0.1, 0.15) is 24.5 Å². The summed E-state index contributed by atoms with van der Waals surface area (Å²) in [5.41, 5.74) is 2.12. The van der Waals surface area contributed by atoms with Gasteiger partial charge in [-0.05, 0) is 17.5 Å². The molecule has 0 aliphatic rings. The molecule has 0 aliphatic carbocycles. The van der Waals surface area contributed by atoms with Crippen molar-refractivity contribution >= 4 is 11.1 Å². The first-order valence-electron chi connectivity index (χ1n) is 4.36. The lowest BCUT2D eigenvalue weighted by Crippen LogP contribution is -1.93. The number of benzene rings is 1. The molecule has 0 spiro atoms. The van der Waals surface area contributed by atoms with Gasteiger partial charge in [-0.15, -0.1) is 0 Å². The molecule has 1 unspecified atom stereocenters. The van der Waals surface area contributed by atoms with Crippen molar-refractivity contribution in [3.8, 4) is 0 Å². The van der Waals surface area contributed by atoms with Crippen molar-refractivity contribution in [3.05, 3.63) is 35.4 Å². The van der Waals surface area contributed by atoms with E-state index in [4.69, 9.17) is 0 Å². The number of hydrogen-bond donors (Lipinski definition) is 0. The summed E-state index contributed by atoms with van der Waals surface area (Å²) < 4.78 is 20.8. The normalized spacial score (nSPS) is 12.8. The molecule has 2 nitrogen and oxygen atoms in total. The number of rotatable bonds is 4. The molecule has 0 radical (unpaired) electrons. The molecule has 13 heavy (non-hydrogen) atoms. The van der Waals surface area contributed by atoms with Crippen molar-refractivity contribution in [2.75, 3.05) is 0 Å². The fourth-order valence-corrected chi connectivity index (χ4v) is 1.69. The molecule has 1 aromatic carbocycles. The Morgan fingerprint density at radius 3 is 2.23 bits per heavy atom. The summed E-state index contributed by atoms with van der Waals surface area (Å²) in [6, 6.07) is 7.74. The lowest BCUT2D eigenvalue weighted by atomic mass is 10.1. The Bertz CT molecular complexity index is 279. The van der Waals surface area contributed by atoms with Crippen LogP contribution in [0.3, 0.4) is 0 Å². The first kappa shape index (κ1) is 10.4. The van der Waals surface area contributed by atoms with Crippen LogP contribution in [0, 0.1) is 0 Å². The average Bonchev–Trinajstić information content (AvgIpc) is 2.08. The van der Waals surface area contributed by atoms with Gasteiger partial charge in [0.05, 0.1) is 0 Å². The Morgan fingerprint density at radius 1 is 1.23 bits per heavy atom. The monoisotopic (exact) mass is 197 g/mol. The van der Waals surface area contributed by atoms with E-state index in [0.717, 1.165) is 18.4 Å². The van der Waals surface area contributed by atoms with Gasteiger partial charge in [-0.3, -0.25) is 4.21 Å². The molecule has 0 saturated carbocycles. The van der Waals surface area contributed by atoms with Gasteiger partial charge in [-0.1, -0.05) is 48.7 Å². The lowest BCUT2D eigenvalue weighted by Gasteiger charge is -2.05. The van der Waals surface area contributed by atoms with Crippen molar-refractivity contribution in [1.82, 2.24) is 0 Å². The molecule has 0 saturated heterocycles. The predicted octanol–water partition coefficient (Wildman–Crippen LogP) is 2.02. The van der Waals surface area contributed by atoms with E-state index in [1.165, 1.54) is 5.56 Å². The Balaban J connectivity index is 2.64. The fourth-order valence-electron chi connectivity index (χ4n) is 1.23. The second-order valence-corrected chi connectivity index (χ2v) is 3.91. The standard InChI is InChI=1S/C10H14O2S/c1-2-3-9-4-6-10(7-5-9)8-13(11)12/h4-7H,2-3,8H2,1H3,(H,11,12)/p-1. The van der Waals surface area contributed by atoms with Crippen LogP contribution in [-0.2, 0) is 23.3 Å². The lowest BCUT2D eigenvalue weighted by molar-refractivity contribution is 0.536. The van der Waals surface area contributed by atoms with Gasteiger partial charge in [-0.25, -0.2) is 0 Å². The summed E-state index contributed by atoms with van der Waals surface area (Å²) >= 11 is -1.98. The average molecular weight is 197 g/mol. The van der Waals surface area contributed by atoms with Gasteiger partial charge in [0.2, 0.25) is 0 Å². The van der Waals surface area contributed by atoms with Crippen LogP contribution in [0.4, 0.5) is 0 Å². The Morgan fingerprint density at radius 2 is 1.77 bits per heavy atom. The fraction of sp³-hybridized carbons (Fsp3) is 0.400. The van der Waals surface area contributed by atoms with Crippen LogP contribution >= 0.6 is 0 Å². The van der Waals surface area contributed by atoms with E-state index in [-0.39, 0.29) is 5.75 Å². The summed E-state index contributed by atoms with van der Waals surface area (Å²) in [5, 5.41) is 0. The molecule has 0 N–H and O–H groups in total. The highest BCUT2D eigenvalue weighted by molar-refractivity contribution is 7.78. The summed E-state index contributed by atoms with van der Waals surface area (Å²) in [6.07, 6.45) is 2.17. The Hall–Kier alpha value is -0.670. The molecule has 1 aromatic rings. The molecule has 0 aromatic heterocycles. The second kappa shape index (κ2) is 5.14. The van der Waals surface area contributed by atoms with E-state index in [9.17, 15) is 8.76 Å². The van der Waals surface area contributed by atoms with E-state index in [1.54, 1.807) is 0 Å². The van der Waals surface area contributed by atoms with Crippen LogP contribution in [0.25, 0.3) is 0 Å². The number of hydrogen-bond acceptors (Lipinski definition) is 2. The summed E-state index contributed by atoms with van der Waals surface area (Å²) in [5.74, 6) is 0.117. The van der Waals surface area contributed by atoms with Crippen molar-refractivity contribution in [2.24, 2.45) is 0 Å². The summed E-state index contributed by atoms with van der Waals surface area (Å²) in [6.45, 7) is 2.13. The molecule has 72 valence electrons. The Kier molecular flexibility index (Phi) is 4.12. The highest BCUT2D eigenvalue weighted by Crippen LogP contribution is 2.07. The van der Waals surface area contributed by atoms with Gasteiger partial charge in [0.25, 0.3) is 0 Å². The van der Waals surface area contributed by atoms with Crippen LogP contribution in [0.15, 0.2) is 24.3 Å². The molecule has 1 rings (SSSR count). The first-order chi connectivity index (χ1) is 6.22. The molecule has 3 heteroatoms. The molecule has 0 fully saturated rings. The zero-order valence-corrected chi connectivity index (χ0v) is 8.47. The van der Waals surface area contributed by atoms with Gasteiger partial charge in [0.15, 0.2) is 0 Å².